The number of aromatic hydroxyl groups is 2. The first kappa shape index (κ1) is 34.3. The van der Waals surface area contributed by atoms with Gasteiger partial charge in [-0.2, -0.15) is 5.06 Å². The number of cyclic esters (lactones) is 1. The number of phenolic OH excluding ortho intramolecular Hbond substituents is 2. The maximum Gasteiger partial charge on any atom is 0.377 e. The lowest BCUT2D eigenvalue weighted by molar-refractivity contribution is -0.246. The molecule has 1 aromatic heterocycles. The zero-order chi connectivity index (χ0) is 37.4. The number of aromatic nitrogens is 1. The van der Waals surface area contributed by atoms with Crippen LogP contribution in [0.4, 0.5) is 5.13 Å². The van der Waals surface area contributed by atoms with E-state index in [0.29, 0.717) is 6.08 Å². The Bertz CT molecular complexity index is 2010. The number of anilines is 1. The molecule has 1 aromatic carbocycles. The van der Waals surface area contributed by atoms with E-state index in [9.17, 15) is 54.0 Å². The van der Waals surface area contributed by atoms with Crippen LogP contribution in [0.15, 0.2) is 34.4 Å². The number of aliphatic carboxylic acids is 2. The minimum Gasteiger partial charge on any atom is -0.504 e. The number of piperidine rings is 1. The molecular formula is C30H27N7O14S. The summed E-state index contributed by atoms with van der Waals surface area (Å²) < 4.78 is 5.04. The molecule has 3 saturated heterocycles. The lowest BCUT2D eigenvalue weighted by atomic mass is 9.86. The number of carbonyl (C=O) groups is 7. The standard InChI is InChI=1S/C30H27N7O14S/c1-35-11-2-3-12(35)7-29(6-11,26(45)46)51-34-20(16-10-52-28(31)33-16)21(40)32-15-9-49-37(24(15)43)30(27(47)48)8-17(25(44)50-30)36-22(41)13-4-18(38)19(39)5-14(13)23(36)42/h4-5,8,10-12,15,38-39H,2-3,6-7,9H2,1H3,(H2,31,33)(H,32,40)(H,45,46)(H,47,48)/b34-20-/t11?,12?,15-,29?,30?/m0/s1. The van der Waals surface area contributed by atoms with E-state index >= 15 is 0 Å². The van der Waals surface area contributed by atoms with Crippen LogP contribution in [0.2, 0.25) is 0 Å². The van der Waals surface area contributed by atoms with Crippen LogP contribution < -0.4 is 11.1 Å². The van der Waals surface area contributed by atoms with E-state index in [-0.39, 0.29) is 45.7 Å². The summed E-state index contributed by atoms with van der Waals surface area (Å²) in [6.07, 6.45) is 2.13. The van der Waals surface area contributed by atoms with Crippen molar-refractivity contribution in [3.05, 3.63) is 46.1 Å². The smallest absolute Gasteiger partial charge is 0.377 e. The van der Waals surface area contributed by atoms with Gasteiger partial charge in [-0.05, 0) is 32.0 Å². The van der Waals surface area contributed by atoms with E-state index in [1.807, 2.05) is 7.05 Å². The van der Waals surface area contributed by atoms with Gasteiger partial charge in [0.2, 0.25) is 5.60 Å². The maximum absolute atomic E-state index is 13.6. The number of nitrogens with zero attached hydrogens (tertiary/aromatic N) is 5. The number of hydroxylamine groups is 2. The number of nitrogens with one attached hydrogen (secondary N) is 1. The molecule has 2 aromatic rings. The van der Waals surface area contributed by atoms with Crippen LogP contribution in [-0.2, 0) is 38.4 Å². The molecule has 21 nitrogen and oxygen atoms in total. The van der Waals surface area contributed by atoms with Crippen LogP contribution in [0.25, 0.3) is 0 Å². The summed E-state index contributed by atoms with van der Waals surface area (Å²) in [7, 11) is 1.89. The van der Waals surface area contributed by atoms with Crippen molar-refractivity contribution in [2.45, 2.75) is 55.1 Å². The fourth-order valence-electron chi connectivity index (χ4n) is 6.86. The van der Waals surface area contributed by atoms with Gasteiger partial charge in [0.15, 0.2) is 22.3 Å². The van der Waals surface area contributed by atoms with Crippen LogP contribution in [0.5, 0.6) is 11.5 Å². The molecule has 4 amide bonds. The largest absolute Gasteiger partial charge is 0.504 e. The number of carboxylic acids is 2. The van der Waals surface area contributed by atoms with Crippen molar-refractivity contribution in [3.8, 4) is 11.5 Å². The van der Waals surface area contributed by atoms with Crippen molar-refractivity contribution >= 4 is 63.7 Å². The minimum atomic E-state index is -3.08. The number of esters is 1. The summed E-state index contributed by atoms with van der Waals surface area (Å²) in [5, 5.41) is 47.7. The summed E-state index contributed by atoms with van der Waals surface area (Å²) in [5.41, 5.74) is -1.53. The second kappa shape index (κ2) is 12.0. The third-order valence-corrected chi connectivity index (χ3v) is 10.3. The first-order valence-corrected chi connectivity index (χ1v) is 16.3. The second-order valence-electron chi connectivity index (χ2n) is 12.6. The number of ether oxygens (including phenoxy) is 1. The van der Waals surface area contributed by atoms with E-state index in [1.165, 1.54) is 5.38 Å². The SMILES string of the molecule is CN1C2CCC1CC(O/N=C(\C(=O)N[C@H]1CON(C3(C(=O)O)C=C(N4C(=O)c5cc(O)c(O)cc5C4=O)C(=O)O3)C1=O)c1csc(N)n1)(C(=O)O)C2. The molecule has 7 N–H and O–H groups in total. The minimum absolute atomic E-state index is 0.0212. The predicted octanol–water partition coefficient (Wildman–Crippen LogP) is -1.29. The second-order valence-corrected chi connectivity index (χ2v) is 13.5. The zero-order valence-electron chi connectivity index (χ0n) is 26.7. The van der Waals surface area contributed by atoms with Gasteiger partial charge in [-0.3, -0.25) is 24.0 Å². The predicted molar refractivity (Wildman–Crippen MR) is 168 cm³/mol. The number of carboxylic acid groups (broad SMARTS) is 2. The molecule has 3 fully saturated rings. The third-order valence-electron chi connectivity index (χ3n) is 9.59. The highest BCUT2D eigenvalue weighted by molar-refractivity contribution is 7.13. The van der Waals surface area contributed by atoms with E-state index in [4.69, 9.17) is 20.1 Å². The Hall–Kier alpha value is -6.13. The molecule has 0 saturated carbocycles. The Kier molecular flexibility index (Phi) is 7.91. The fraction of sp³-hybridized carbons (Fsp3) is 0.367. The average molecular weight is 742 g/mol. The number of fused-ring (bicyclic) bond motifs is 3. The highest BCUT2D eigenvalue weighted by Gasteiger charge is 2.61. The Morgan fingerprint density at radius 2 is 1.65 bits per heavy atom. The highest BCUT2D eigenvalue weighted by atomic mass is 32.1. The van der Waals surface area contributed by atoms with E-state index in [2.05, 4.69) is 20.4 Å². The molecule has 272 valence electrons. The topological polar surface area (TPSA) is 301 Å². The highest BCUT2D eigenvalue weighted by Crippen LogP contribution is 2.43. The molecule has 2 bridgehead atoms. The van der Waals surface area contributed by atoms with Crippen LogP contribution in [0.1, 0.15) is 52.1 Å². The molecule has 6 heterocycles. The fourth-order valence-corrected chi connectivity index (χ4v) is 7.41. The number of carbonyl (C=O) groups excluding carboxylic acids is 5. The molecular weight excluding hydrogens is 714 g/mol. The number of hydrogen-bond acceptors (Lipinski definition) is 17. The molecule has 4 atom stereocenters. The van der Waals surface area contributed by atoms with Crippen LogP contribution in [-0.4, -0.2) is 131 Å². The first-order chi connectivity index (χ1) is 24.6. The number of rotatable bonds is 9. The summed E-state index contributed by atoms with van der Waals surface area (Å²) in [6, 6.07) is -0.303. The van der Waals surface area contributed by atoms with Gasteiger partial charge >= 0.3 is 23.6 Å². The van der Waals surface area contributed by atoms with E-state index in [1.54, 1.807) is 0 Å². The van der Waals surface area contributed by atoms with E-state index < -0.39 is 99.5 Å². The Labute approximate surface area is 294 Å². The number of nitrogen functional groups attached to an aromatic ring is 1. The summed E-state index contributed by atoms with van der Waals surface area (Å²) in [4.78, 5) is 109. The van der Waals surface area contributed by atoms with Gasteiger partial charge in [-0.25, -0.2) is 24.3 Å². The van der Waals surface area contributed by atoms with Gasteiger partial charge in [-0.15, -0.1) is 11.3 Å². The molecule has 7 rings (SSSR count). The van der Waals surface area contributed by atoms with Crippen LogP contribution in [0.3, 0.4) is 0 Å². The summed E-state index contributed by atoms with van der Waals surface area (Å²) in [6.45, 7) is -0.714. The number of nitrogens with two attached hydrogens (primary N) is 1. The summed E-state index contributed by atoms with van der Waals surface area (Å²) >= 11 is 0.930. The van der Waals surface area contributed by atoms with Crippen molar-refractivity contribution in [1.29, 1.82) is 0 Å². The Balaban J connectivity index is 1.14. The average Bonchev–Trinajstić information content (AvgIpc) is 3.86. The van der Waals surface area contributed by atoms with Gasteiger partial charge in [0.1, 0.15) is 24.0 Å². The van der Waals surface area contributed by atoms with Gasteiger partial charge < -0.3 is 46.0 Å². The molecule has 52 heavy (non-hydrogen) atoms. The first-order valence-electron chi connectivity index (χ1n) is 15.4. The Morgan fingerprint density at radius 3 is 2.19 bits per heavy atom. The number of amides is 4. The number of phenols is 2. The number of benzene rings is 1. The van der Waals surface area contributed by atoms with Crippen molar-refractivity contribution in [2.24, 2.45) is 5.16 Å². The number of oxime groups is 1. The van der Waals surface area contributed by atoms with Crippen molar-refractivity contribution < 1.29 is 68.4 Å². The lowest BCUT2D eigenvalue weighted by Crippen LogP contribution is -2.56. The van der Waals surface area contributed by atoms with Crippen molar-refractivity contribution in [2.75, 3.05) is 19.4 Å². The van der Waals surface area contributed by atoms with Crippen LogP contribution in [0, 0.1) is 0 Å². The number of hydrogen-bond donors (Lipinski definition) is 6. The quantitative estimate of drug-likeness (QED) is 0.0573. The third kappa shape index (κ3) is 5.17. The molecule has 5 aliphatic heterocycles. The van der Waals surface area contributed by atoms with Crippen molar-refractivity contribution in [1.82, 2.24) is 25.2 Å². The summed E-state index contributed by atoms with van der Waals surface area (Å²) in [5.74, 6) is -11.0. The van der Waals surface area contributed by atoms with Crippen molar-refractivity contribution in [3.63, 3.8) is 0 Å². The molecule has 0 radical (unpaired) electrons. The number of thiazole rings is 1. The lowest BCUT2D eigenvalue weighted by Gasteiger charge is -2.40. The maximum atomic E-state index is 13.6. The Morgan fingerprint density at radius 1 is 1.04 bits per heavy atom. The molecule has 5 aliphatic rings. The molecule has 0 aliphatic carbocycles. The van der Waals surface area contributed by atoms with E-state index in [0.717, 1.165) is 36.3 Å². The number of imide groups is 1. The normalized spacial score (nSPS) is 28.6. The van der Waals surface area contributed by atoms with Gasteiger partial charge in [0.25, 0.3) is 23.6 Å². The molecule has 3 unspecified atom stereocenters. The van der Waals surface area contributed by atoms with Gasteiger partial charge in [0.05, 0.1) is 11.1 Å². The van der Waals surface area contributed by atoms with Crippen LogP contribution >= 0.6 is 11.3 Å². The zero-order valence-corrected chi connectivity index (χ0v) is 27.5. The molecule has 0 spiro atoms. The van der Waals surface area contributed by atoms with Gasteiger partial charge in [-0.1, -0.05) is 5.16 Å². The van der Waals surface area contributed by atoms with Gasteiger partial charge in [0, 0.05) is 36.4 Å². The molecule has 22 heteroatoms. The monoisotopic (exact) mass is 741 g/mol.